The first-order valence-corrected chi connectivity index (χ1v) is 24.5. The lowest BCUT2D eigenvalue weighted by Crippen LogP contribution is -2.48. The van der Waals surface area contributed by atoms with Crippen molar-refractivity contribution in [3.8, 4) is 0 Å². The summed E-state index contributed by atoms with van der Waals surface area (Å²) >= 11 is 0. The van der Waals surface area contributed by atoms with Gasteiger partial charge < -0.3 is 9.47 Å². The Morgan fingerprint density at radius 2 is 0.650 bits per heavy atom. The molecule has 0 saturated carbocycles. The zero-order chi connectivity index (χ0) is 30.3. The molecule has 0 rings (SSSR count). The van der Waals surface area contributed by atoms with E-state index in [0.29, 0.717) is 13.2 Å². The highest BCUT2D eigenvalue weighted by Crippen LogP contribution is 2.43. The highest BCUT2D eigenvalue weighted by Gasteiger charge is 2.50. The van der Waals surface area contributed by atoms with Gasteiger partial charge in [-0.25, -0.2) is 0 Å². The number of esters is 2. The zero-order valence-electron chi connectivity index (χ0n) is 28.3. The molecule has 0 heterocycles. The van der Waals surface area contributed by atoms with E-state index in [9.17, 15) is 9.59 Å². The van der Waals surface area contributed by atoms with Crippen LogP contribution in [0.2, 0.25) is 50.4 Å². The molecule has 0 bridgehead atoms. The van der Waals surface area contributed by atoms with Gasteiger partial charge in [-0.3, -0.25) is 9.59 Å². The molecule has 0 aromatic heterocycles. The van der Waals surface area contributed by atoms with Crippen molar-refractivity contribution < 1.29 is 19.1 Å². The fraction of sp³-hybridized carbons (Fsp3) is 0.941. The lowest BCUT2D eigenvalue weighted by atomic mass is 10.1. The third-order valence-electron chi connectivity index (χ3n) is 8.19. The van der Waals surface area contributed by atoms with Crippen molar-refractivity contribution in [3.63, 3.8) is 0 Å². The molecule has 0 fully saturated rings. The Morgan fingerprint density at radius 1 is 0.425 bits per heavy atom. The van der Waals surface area contributed by atoms with Gasteiger partial charge in [-0.2, -0.15) is 0 Å². The lowest BCUT2D eigenvalue weighted by molar-refractivity contribution is -0.150. The molecule has 0 aromatic rings. The molecule has 40 heavy (non-hydrogen) atoms. The molecule has 2 atom stereocenters. The van der Waals surface area contributed by atoms with Crippen molar-refractivity contribution in [2.75, 3.05) is 13.2 Å². The number of ether oxygens (including phenoxy) is 2. The molecule has 0 unspecified atom stereocenters. The molecule has 0 aromatic carbocycles. The Hall–Kier alpha value is -0.626. The maximum Gasteiger partial charge on any atom is 0.306 e. The van der Waals surface area contributed by atoms with Crippen LogP contribution in [0.4, 0.5) is 0 Å². The van der Waals surface area contributed by atoms with Crippen LogP contribution in [0, 0.1) is 0 Å². The van der Waals surface area contributed by atoms with Crippen molar-refractivity contribution in [2.45, 2.75) is 193 Å². The predicted molar refractivity (Wildman–Crippen MR) is 180 cm³/mol. The molecule has 238 valence electrons. The molecular formula is C34H70O4Si2. The first-order chi connectivity index (χ1) is 19.0. The van der Waals surface area contributed by atoms with Gasteiger partial charge in [0.25, 0.3) is 0 Å². The van der Waals surface area contributed by atoms with E-state index in [-0.39, 0.29) is 23.0 Å². The largest absolute Gasteiger partial charge is 0.466 e. The van der Waals surface area contributed by atoms with Crippen LogP contribution >= 0.6 is 0 Å². The monoisotopic (exact) mass is 598 g/mol. The van der Waals surface area contributed by atoms with Crippen LogP contribution < -0.4 is 0 Å². The number of unbranched alkanes of at least 4 members (excludes halogenated alkanes) is 18. The van der Waals surface area contributed by atoms with Gasteiger partial charge in [0, 0.05) is 0 Å². The average Bonchev–Trinajstić information content (AvgIpc) is 2.87. The Morgan fingerprint density at radius 3 is 0.875 bits per heavy atom. The second-order valence-corrected chi connectivity index (χ2v) is 25.1. The summed E-state index contributed by atoms with van der Waals surface area (Å²) in [6.45, 7) is 18.6. The number of carbonyl (C=O) groups excluding carboxylic acids is 2. The lowest BCUT2D eigenvalue weighted by Gasteiger charge is -2.38. The molecular weight excluding hydrogens is 529 g/mol. The Labute approximate surface area is 252 Å². The van der Waals surface area contributed by atoms with Crippen molar-refractivity contribution >= 4 is 28.1 Å². The normalized spacial score (nSPS) is 13.7. The summed E-state index contributed by atoms with van der Waals surface area (Å²) in [6, 6.07) is 0. The molecule has 0 saturated heterocycles. The van der Waals surface area contributed by atoms with E-state index in [0.717, 1.165) is 25.7 Å². The minimum Gasteiger partial charge on any atom is -0.466 e. The second kappa shape index (κ2) is 23.9. The van der Waals surface area contributed by atoms with E-state index in [1.165, 1.54) is 103 Å². The van der Waals surface area contributed by atoms with E-state index in [1.54, 1.807) is 0 Å². The molecule has 4 nitrogen and oxygen atoms in total. The summed E-state index contributed by atoms with van der Waals surface area (Å²) in [7, 11) is -4.02. The van der Waals surface area contributed by atoms with Gasteiger partial charge in [-0.05, 0) is 12.8 Å². The average molecular weight is 599 g/mol. The van der Waals surface area contributed by atoms with Gasteiger partial charge in [0.1, 0.15) is 0 Å². The number of carbonyl (C=O) groups is 2. The number of hydrogen-bond donors (Lipinski definition) is 0. The maximum atomic E-state index is 13.4. The molecule has 0 N–H and O–H groups in total. The number of rotatable bonds is 27. The predicted octanol–water partition coefficient (Wildman–Crippen LogP) is 11.3. The molecule has 0 radical (unpaired) electrons. The van der Waals surface area contributed by atoms with Crippen LogP contribution in [0.5, 0.6) is 0 Å². The first-order valence-electron chi connectivity index (χ1n) is 17.3. The van der Waals surface area contributed by atoms with Gasteiger partial charge >= 0.3 is 11.9 Å². The summed E-state index contributed by atoms with van der Waals surface area (Å²) in [5.41, 5.74) is -0.662. The molecule has 6 heteroatoms. The van der Waals surface area contributed by atoms with E-state index in [1.807, 2.05) is 0 Å². The Kier molecular flexibility index (Phi) is 23.5. The van der Waals surface area contributed by atoms with Crippen LogP contribution in [0.1, 0.15) is 142 Å². The summed E-state index contributed by atoms with van der Waals surface area (Å²) < 4.78 is 11.7. The molecule has 0 aliphatic carbocycles. The van der Waals surface area contributed by atoms with Crippen LogP contribution in [0.3, 0.4) is 0 Å². The van der Waals surface area contributed by atoms with E-state index >= 15 is 0 Å². The molecule has 0 aliphatic rings. The zero-order valence-corrected chi connectivity index (χ0v) is 30.3. The quantitative estimate of drug-likeness (QED) is 0.0536. The first kappa shape index (κ1) is 39.4. The standard InChI is InChI=1S/C34H70O4Si2/c1-9-11-13-15-17-19-21-23-25-27-29-37-33(35)31(39(3,4)5)32(40(6,7)8)34(36)38-30-28-26-24-22-20-18-16-14-12-10-2/h31-32H,9-30H2,1-8H3/t31-,32-/m1/s1. The molecule has 0 aliphatic heterocycles. The van der Waals surface area contributed by atoms with Gasteiger partial charge in [0.2, 0.25) is 0 Å². The SMILES string of the molecule is CCCCCCCCCCCCOC(=O)[C@@H]([C@H](C(=O)OCCCCCCCCCCCC)[Si](C)(C)C)[Si](C)(C)C. The van der Waals surface area contributed by atoms with Crippen LogP contribution in [0.15, 0.2) is 0 Å². The van der Waals surface area contributed by atoms with Crippen molar-refractivity contribution in [1.29, 1.82) is 0 Å². The molecule has 0 amide bonds. The Balaban J connectivity index is 4.55. The summed E-state index contributed by atoms with van der Waals surface area (Å²) in [5.74, 6) is -0.309. The van der Waals surface area contributed by atoms with Gasteiger partial charge in [0.05, 0.1) is 40.4 Å². The summed E-state index contributed by atoms with van der Waals surface area (Å²) in [4.78, 5) is 26.9. The van der Waals surface area contributed by atoms with Crippen LogP contribution in [0.25, 0.3) is 0 Å². The van der Waals surface area contributed by atoms with Crippen LogP contribution in [-0.4, -0.2) is 41.3 Å². The van der Waals surface area contributed by atoms with Crippen LogP contribution in [-0.2, 0) is 19.1 Å². The minimum atomic E-state index is -2.01. The Bertz CT molecular complexity index is 570. The fourth-order valence-electron chi connectivity index (χ4n) is 5.68. The summed E-state index contributed by atoms with van der Waals surface area (Å²) in [6.07, 6.45) is 25.2. The van der Waals surface area contributed by atoms with Crippen molar-refractivity contribution in [3.05, 3.63) is 0 Å². The molecule has 0 spiro atoms. The maximum absolute atomic E-state index is 13.4. The van der Waals surface area contributed by atoms with E-state index in [4.69, 9.17) is 9.47 Å². The van der Waals surface area contributed by atoms with Gasteiger partial charge in [-0.15, -0.1) is 0 Å². The third kappa shape index (κ3) is 20.3. The highest BCUT2D eigenvalue weighted by atomic mass is 28.3. The van der Waals surface area contributed by atoms with Crippen molar-refractivity contribution in [1.82, 2.24) is 0 Å². The van der Waals surface area contributed by atoms with E-state index in [2.05, 4.69) is 53.1 Å². The van der Waals surface area contributed by atoms with Crippen molar-refractivity contribution in [2.24, 2.45) is 0 Å². The van der Waals surface area contributed by atoms with Gasteiger partial charge in [-0.1, -0.05) is 169 Å². The summed E-state index contributed by atoms with van der Waals surface area (Å²) in [5, 5.41) is 0. The third-order valence-corrected chi connectivity index (χ3v) is 13.4. The van der Waals surface area contributed by atoms with Gasteiger partial charge in [0.15, 0.2) is 0 Å². The smallest absolute Gasteiger partial charge is 0.306 e. The second-order valence-electron chi connectivity index (χ2n) is 14.4. The topological polar surface area (TPSA) is 52.6 Å². The van der Waals surface area contributed by atoms with E-state index < -0.39 is 16.1 Å². The minimum absolute atomic E-state index is 0.154. The fourth-order valence-corrected chi connectivity index (χ4v) is 12.5. The highest BCUT2D eigenvalue weighted by molar-refractivity contribution is 6.87. The number of hydrogen-bond acceptors (Lipinski definition) is 4.